The number of hydrogen-bond acceptors (Lipinski definition) is 4. The Bertz CT molecular complexity index is 626. The first kappa shape index (κ1) is 14.7. The van der Waals surface area contributed by atoms with E-state index in [-0.39, 0.29) is 18.1 Å². The standard InChI is InChI=1S/C15H14N2O4/c18-14(11-4-2-1-3-5-11)10-16-15(19)12-6-8-13(9-7-12)17(20)21/h1-9,14,18H,10H2,(H,16,19). The molecule has 0 bridgehead atoms. The van der Waals surface area contributed by atoms with Crippen LogP contribution in [0.25, 0.3) is 0 Å². The van der Waals surface area contributed by atoms with Crippen LogP contribution in [0.5, 0.6) is 0 Å². The number of hydrogen-bond donors (Lipinski definition) is 2. The Labute approximate surface area is 121 Å². The lowest BCUT2D eigenvalue weighted by atomic mass is 10.1. The van der Waals surface area contributed by atoms with Crippen LogP contribution in [0.15, 0.2) is 54.6 Å². The van der Waals surface area contributed by atoms with E-state index in [9.17, 15) is 20.0 Å². The maximum atomic E-state index is 11.9. The Morgan fingerprint density at radius 3 is 2.33 bits per heavy atom. The van der Waals surface area contributed by atoms with E-state index in [1.165, 1.54) is 24.3 Å². The molecule has 6 heteroatoms. The van der Waals surface area contributed by atoms with Gasteiger partial charge in [-0.15, -0.1) is 0 Å². The van der Waals surface area contributed by atoms with E-state index in [0.29, 0.717) is 11.1 Å². The molecular formula is C15H14N2O4. The number of nitro groups is 1. The van der Waals surface area contributed by atoms with Crippen LogP contribution in [-0.2, 0) is 0 Å². The van der Waals surface area contributed by atoms with Gasteiger partial charge in [-0.25, -0.2) is 0 Å². The molecule has 1 amide bonds. The third-order valence-corrected chi connectivity index (χ3v) is 2.98. The van der Waals surface area contributed by atoms with E-state index in [2.05, 4.69) is 5.32 Å². The lowest BCUT2D eigenvalue weighted by Gasteiger charge is -2.12. The Hall–Kier alpha value is -2.73. The van der Waals surface area contributed by atoms with Gasteiger partial charge in [0, 0.05) is 24.2 Å². The molecule has 21 heavy (non-hydrogen) atoms. The summed E-state index contributed by atoms with van der Waals surface area (Å²) in [5.41, 5.74) is 0.943. The molecule has 1 unspecified atom stereocenters. The van der Waals surface area contributed by atoms with Crippen LogP contribution in [-0.4, -0.2) is 22.5 Å². The second kappa shape index (κ2) is 6.62. The molecule has 0 aliphatic rings. The summed E-state index contributed by atoms with van der Waals surface area (Å²) in [6.07, 6.45) is -0.798. The molecule has 0 saturated heterocycles. The van der Waals surface area contributed by atoms with Crippen molar-refractivity contribution in [2.75, 3.05) is 6.54 Å². The van der Waals surface area contributed by atoms with Crippen molar-refractivity contribution in [3.05, 3.63) is 75.8 Å². The second-order valence-corrected chi connectivity index (χ2v) is 4.44. The summed E-state index contributed by atoms with van der Waals surface area (Å²) >= 11 is 0. The number of benzene rings is 2. The molecule has 0 aromatic heterocycles. The minimum Gasteiger partial charge on any atom is -0.387 e. The smallest absolute Gasteiger partial charge is 0.269 e. The van der Waals surface area contributed by atoms with Crippen molar-refractivity contribution in [1.82, 2.24) is 5.32 Å². The lowest BCUT2D eigenvalue weighted by Crippen LogP contribution is -2.28. The first-order valence-corrected chi connectivity index (χ1v) is 6.33. The number of non-ortho nitro benzene ring substituents is 1. The molecule has 0 aliphatic carbocycles. The van der Waals surface area contributed by atoms with Gasteiger partial charge in [-0.3, -0.25) is 14.9 Å². The number of nitrogens with one attached hydrogen (secondary N) is 1. The monoisotopic (exact) mass is 286 g/mol. The number of carbonyl (C=O) groups is 1. The van der Waals surface area contributed by atoms with E-state index < -0.39 is 11.0 Å². The molecule has 0 heterocycles. The average Bonchev–Trinajstić information content (AvgIpc) is 2.53. The van der Waals surface area contributed by atoms with E-state index in [0.717, 1.165) is 0 Å². The molecule has 0 spiro atoms. The highest BCUT2D eigenvalue weighted by Gasteiger charge is 2.12. The number of aliphatic hydroxyl groups excluding tert-OH is 1. The summed E-state index contributed by atoms with van der Waals surface area (Å²) in [6.45, 7) is 0.0693. The van der Waals surface area contributed by atoms with Crippen molar-refractivity contribution in [2.24, 2.45) is 0 Å². The van der Waals surface area contributed by atoms with Crippen molar-refractivity contribution in [1.29, 1.82) is 0 Å². The summed E-state index contributed by atoms with van der Waals surface area (Å²) in [5.74, 6) is -0.389. The van der Waals surface area contributed by atoms with E-state index in [4.69, 9.17) is 0 Å². The molecule has 108 valence electrons. The molecule has 2 rings (SSSR count). The zero-order chi connectivity index (χ0) is 15.2. The highest BCUT2D eigenvalue weighted by Crippen LogP contribution is 2.13. The van der Waals surface area contributed by atoms with Gasteiger partial charge in [0.05, 0.1) is 11.0 Å². The van der Waals surface area contributed by atoms with Crippen LogP contribution >= 0.6 is 0 Å². The van der Waals surface area contributed by atoms with Gasteiger partial charge >= 0.3 is 0 Å². The van der Waals surface area contributed by atoms with Crippen LogP contribution < -0.4 is 5.32 Å². The fourth-order valence-corrected chi connectivity index (χ4v) is 1.82. The van der Waals surface area contributed by atoms with Crippen molar-refractivity contribution in [2.45, 2.75) is 6.10 Å². The number of nitrogens with zero attached hydrogens (tertiary/aromatic N) is 1. The fourth-order valence-electron chi connectivity index (χ4n) is 1.82. The fraction of sp³-hybridized carbons (Fsp3) is 0.133. The van der Waals surface area contributed by atoms with E-state index in [1.54, 1.807) is 24.3 Å². The summed E-state index contributed by atoms with van der Waals surface area (Å²) < 4.78 is 0. The molecule has 2 N–H and O–H groups in total. The van der Waals surface area contributed by atoms with E-state index >= 15 is 0 Å². The zero-order valence-electron chi connectivity index (χ0n) is 11.1. The predicted molar refractivity (Wildman–Crippen MR) is 76.8 cm³/mol. The normalized spacial score (nSPS) is 11.7. The van der Waals surface area contributed by atoms with Gasteiger partial charge in [0.15, 0.2) is 0 Å². The molecule has 0 saturated carbocycles. The van der Waals surface area contributed by atoms with Crippen molar-refractivity contribution in [3.63, 3.8) is 0 Å². The largest absolute Gasteiger partial charge is 0.387 e. The van der Waals surface area contributed by atoms with Gasteiger partial charge in [-0.1, -0.05) is 30.3 Å². The van der Waals surface area contributed by atoms with Crippen molar-refractivity contribution < 1.29 is 14.8 Å². The SMILES string of the molecule is O=C(NCC(O)c1ccccc1)c1ccc([N+](=O)[O-])cc1. The van der Waals surface area contributed by atoms with Gasteiger partial charge in [-0.2, -0.15) is 0 Å². The van der Waals surface area contributed by atoms with Crippen LogP contribution in [0, 0.1) is 10.1 Å². The highest BCUT2D eigenvalue weighted by molar-refractivity contribution is 5.94. The number of carbonyl (C=O) groups excluding carboxylic acids is 1. The van der Waals surface area contributed by atoms with Crippen molar-refractivity contribution >= 4 is 11.6 Å². The number of rotatable bonds is 5. The summed E-state index contributed by atoms with van der Waals surface area (Å²) in [6, 6.07) is 14.3. The van der Waals surface area contributed by atoms with Crippen LogP contribution in [0.2, 0.25) is 0 Å². The van der Waals surface area contributed by atoms with Gasteiger partial charge in [0.25, 0.3) is 11.6 Å². The maximum absolute atomic E-state index is 11.9. The Balaban J connectivity index is 1.94. The highest BCUT2D eigenvalue weighted by atomic mass is 16.6. The minimum absolute atomic E-state index is 0.0693. The Morgan fingerprint density at radius 2 is 1.76 bits per heavy atom. The first-order chi connectivity index (χ1) is 10.1. The molecule has 0 fully saturated rings. The van der Waals surface area contributed by atoms with Crippen molar-refractivity contribution in [3.8, 4) is 0 Å². The molecule has 2 aromatic rings. The molecule has 1 atom stereocenters. The molecule has 2 aromatic carbocycles. The minimum atomic E-state index is -0.798. The van der Waals surface area contributed by atoms with Crippen LogP contribution in [0.1, 0.15) is 22.0 Å². The molecular weight excluding hydrogens is 272 g/mol. The van der Waals surface area contributed by atoms with Crippen LogP contribution in [0.3, 0.4) is 0 Å². The lowest BCUT2D eigenvalue weighted by molar-refractivity contribution is -0.384. The van der Waals surface area contributed by atoms with Gasteiger partial charge in [-0.05, 0) is 17.7 Å². The predicted octanol–water partition coefficient (Wildman–Crippen LogP) is 2.06. The van der Waals surface area contributed by atoms with Gasteiger partial charge in [0.2, 0.25) is 0 Å². The summed E-state index contributed by atoms with van der Waals surface area (Å²) in [7, 11) is 0. The zero-order valence-corrected chi connectivity index (χ0v) is 11.1. The summed E-state index contributed by atoms with van der Waals surface area (Å²) in [5, 5.41) is 23.0. The maximum Gasteiger partial charge on any atom is 0.269 e. The van der Waals surface area contributed by atoms with Gasteiger partial charge < -0.3 is 10.4 Å². The quantitative estimate of drug-likeness (QED) is 0.650. The second-order valence-electron chi connectivity index (χ2n) is 4.44. The molecule has 6 nitrogen and oxygen atoms in total. The van der Waals surface area contributed by atoms with E-state index in [1.807, 2.05) is 6.07 Å². The van der Waals surface area contributed by atoms with Crippen LogP contribution in [0.4, 0.5) is 5.69 Å². The molecule has 0 radical (unpaired) electrons. The molecule has 0 aliphatic heterocycles. The summed E-state index contributed by atoms with van der Waals surface area (Å²) in [4.78, 5) is 21.9. The van der Waals surface area contributed by atoms with Gasteiger partial charge in [0.1, 0.15) is 0 Å². The number of nitro benzene ring substituents is 1. The third-order valence-electron chi connectivity index (χ3n) is 2.98. The Morgan fingerprint density at radius 1 is 1.14 bits per heavy atom. The number of aliphatic hydroxyl groups is 1. The average molecular weight is 286 g/mol. The third kappa shape index (κ3) is 3.87. The topological polar surface area (TPSA) is 92.5 Å². The first-order valence-electron chi connectivity index (χ1n) is 6.33. The Kier molecular flexibility index (Phi) is 4.63. The number of amides is 1.